The molecular weight excluding hydrogens is 879 g/mol. The summed E-state index contributed by atoms with van der Waals surface area (Å²) >= 11 is 0. The lowest BCUT2D eigenvalue weighted by Gasteiger charge is -2.18. The second-order valence-electron chi connectivity index (χ2n) is 17.9. The predicted molar refractivity (Wildman–Crippen MR) is 265 cm³/mol. The number of hydrogen-bond acceptors (Lipinski definition) is 3. The molecule has 0 saturated carbocycles. The minimum Gasteiger partial charge on any atom is -0.309 e. The fourth-order valence-electron chi connectivity index (χ4n) is 10.0. The molecule has 2 heterocycles. The maximum atomic E-state index is 14.5. The van der Waals surface area contributed by atoms with E-state index in [0.717, 1.165) is 78.4 Å². The van der Waals surface area contributed by atoms with E-state index in [1.807, 2.05) is 60.7 Å². The number of aryl methyl sites for hydroxylation is 6. The van der Waals surface area contributed by atoms with Gasteiger partial charge in [0.1, 0.15) is 0 Å². The van der Waals surface area contributed by atoms with Gasteiger partial charge in [0.05, 0.1) is 22.2 Å². The second kappa shape index (κ2) is 17.0. The fraction of sp³-hybridized carbons (Fsp3) is 0.136. The van der Waals surface area contributed by atoms with Crippen molar-refractivity contribution in [3.63, 3.8) is 0 Å². The van der Waals surface area contributed by atoms with Gasteiger partial charge in [0.2, 0.25) is 0 Å². The van der Waals surface area contributed by atoms with E-state index < -0.39 is 23.5 Å². The Morgan fingerprint density at radius 3 is 1.20 bits per heavy atom. The smallest absolute Gasteiger partial charge is 0.309 e. The third-order valence-electron chi connectivity index (χ3n) is 12.8. The van der Waals surface area contributed by atoms with Crippen LogP contribution >= 0.6 is 0 Å². The fourth-order valence-corrected chi connectivity index (χ4v) is 10.0. The lowest BCUT2D eigenvalue weighted by molar-refractivity contribution is -0.143. The molecule has 10 aromatic rings. The van der Waals surface area contributed by atoms with Gasteiger partial charge in [-0.1, -0.05) is 114 Å². The van der Waals surface area contributed by atoms with Gasteiger partial charge in [-0.25, -0.2) is 15.0 Å². The first-order valence-corrected chi connectivity index (χ1v) is 22.5. The molecule has 10 rings (SSSR count). The van der Waals surface area contributed by atoms with Gasteiger partial charge >= 0.3 is 12.4 Å². The van der Waals surface area contributed by atoms with Crippen LogP contribution in [0.25, 0.3) is 95.0 Å². The molecule has 0 amide bonds. The zero-order valence-corrected chi connectivity index (χ0v) is 38.6. The van der Waals surface area contributed by atoms with Gasteiger partial charge in [0.25, 0.3) is 0 Å². The maximum Gasteiger partial charge on any atom is 0.416 e. The minimum atomic E-state index is -5.07. The normalized spacial score (nSPS) is 12.1. The SMILES string of the molecule is Cc1cc(C)c(-c2ccc3c(c2)c2cc(-c4c(C)cc(C)cc4C)ccc2n3-c2ccc(-c3cc(C(F)(F)F)cc(C(F)(F)F)c3)c(-c3nc(-c4ccccc4)nc(-c4ccccc4)n3)c2)c(C)c1. The number of fused-ring (bicyclic) bond motifs is 3. The number of alkyl halides is 6. The molecule has 0 unspecified atom stereocenters. The van der Waals surface area contributed by atoms with Crippen LogP contribution in [0.5, 0.6) is 0 Å². The Kier molecular flexibility index (Phi) is 11.1. The van der Waals surface area contributed by atoms with E-state index in [9.17, 15) is 26.3 Å². The number of aromatic nitrogens is 4. The van der Waals surface area contributed by atoms with Crippen LogP contribution in [0.3, 0.4) is 0 Å². The van der Waals surface area contributed by atoms with Crippen LogP contribution in [0.1, 0.15) is 44.5 Å². The molecule has 2 aromatic heterocycles. The van der Waals surface area contributed by atoms with Gasteiger partial charge in [0, 0.05) is 33.2 Å². The minimum absolute atomic E-state index is 0.0616. The molecule has 0 radical (unpaired) electrons. The van der Waals surface area contributed by atoms with Crippen LogP contribution in [0, 0.1) is 41.5 Å². The molecule has 0 aliphatic rings. The van der Waals surface area contributed by atoms with Crippen LogP contribution in [-0.4, -0.2) is 19.5 Å². The molecule has 0 aliphatic heterocycles. The standard InChI is InChI=1S/C59H44F6N4/c1-33-23-35(3)53(36(4)24-33)41-17-21-51-48(29-41)49-30-42(54-37(5)25-34(2)26-38(54)6)18-22-52(49)69(51)46-19-20-47(43-27-44(58(60,61)62)31-45(28-43)59(63,64)65)50(32-46)57-67-55(39-13-9-7-10-14-39)66-56(68-57)40-15-11-8-12-16-40/h7-32H,1-6H3. The van der Waals surface area contributed by atoms with E-state index in [-0.39, 0.29) is 40.2 Å². The van der Waals surface area contributed by atoms with E-state index in [4.69, 9.17) is 15.0 Å². The summed E-state index contributed by atoms with van der Waals surface area (Å²) in [5, 5.41) is 1.92. The van der Waals surface area contributed by atoms with Crippen LogP contribution in [0.15, 0.2) is 158 Å². The molecular formula is C59H44F6N4. The van der Waals surface area contributed by atoms with E-state index in [1.54, 1.807) is 18.2 Å². The first kappa shape index (κ1) is 45.0. The molecule has 0 saturated heterocycles. The lowest BCUT2D eigenvalue weighted by atomic mass is 9.91. The third-order valence-corrected chi connectivity index (χ3v) is 12.8. The van der Waals surface area contributed by atoms with Crippen molar-refractivity contribution >= 4 is 21.8 Å². The molecule has 0 fully saturated rings. The average molecular weight is 923 g/mol. The molecule has 0 atom stereocenters. The van der Waals surface area contributed by atoms with Gasteiger partial charge in [-0.3, -0.25) is 0 Å². The Balaban J connectivity index is 1.29. The molecule has 69 heavy (non-hydrogen) atoms. The van der Waals surface area contributed by atoms with Gasteiger partial charge in [0.15, 0.2) is 17.5 Å². The quantitative estimate of drug-likeness (QED) is 0.150. The second-order valence-corrected chi connectivity index (χ2v) is 17.9. The first-order chi connectivity index (χ1) is 32.9. The van der Waals surface area contributed by atoms with Crippen LogP contribution in [0.2, 0.25) is 0 Å². The Morgan fingerprint density at radius 2 is 0.783 bits per heavy atom. The average Bonchev–Trinajstić information content (AvgIpc) is 3.63. The van der Waals surface area contributed by atoms with E-state index in [2.05, 4.69) is 107 Å². The number of halogens is 6. The number of rotatable bonds is 7. The summed E-state index contributed by atoms with van der Waals surface area (Å²) in [7, 11) is 0. The number of nitrogens with zero attached hydrogens (tertiary/aromatic N) is 4. The first-order valence-electron chi connectivity index (χ1n) is 22.5. The molecule has 0 aliphatic carbocycles. The largest absolute Gasteiger partial charge is 0.416 e. The van der Waals surface area contributed by atoms with Crippen molar-refractivity contribution in [3.05, 3.63) is 202 Å². The summed E-state index contributed by atoms with van der Waals surface area (Å²) in [6.07, 6.45) is -10.1. The summed E-state index contributed by atoms with van der Waals surface area (Å²) in [5.74, 6) is 0.610. The maximum absolute atomic E-state index is 14.5. The highest BCUT2D eigenvalue weighted by atomic mass is 19.4. The molecule has 0 spiro atoms. The van der Waals surface area contributed by atoms with Crippen molar-refractivity contribution < 1.29 is 26.3 Å². The van der Waals surface area contributed by atoms with Crippen molar-refractivity contribution in [2.75, 3.05) is 0 Å². The topological polar surface area (TPSA) is 43.6 Å². The van der Waals surface area contributed by atoms with Crippen LogP contribution in [-0.2, 0) is 12.4 Å². The van der Waals surface area contributed by atoms with Crippen molar-refractivity contribution in [1.29, 1.82) is 0 Å². The van der Waals surface area contributed by atoms with Crippen molar-refractivity contribution in [1.82, 2.24) is 19.5 Å². The summed E-state index contributed by atoms with van der Waals surface area (Å²) in [6, 6.07) is 46.5. The summed E-state index contributed by atoms with van der Waals surface area (Å²) in [6.45, 7) is 12.6. The van der Waals surface area contributed by atoms with E-state index in [0.29, 0.717) is 16.8 Å². The van der Waals surface area contributed by atoms with Crippen molar-refractivity contribution in [3.8, 4) is 73.2 Å². The summed E-state index contributed by atoms with van der Waals surface area (Å²) in [5.41, 5.74) is 11.9. The molecule has 4 nitrogen and oxygen atoms in total. The van der Waals surface area contributed by atoms with Crippen molar-refractivity contribution in [2.24, 2.45) is 0 Å². The monoisotopic (exact) mass is 922 g/mol. The summed E-state index contributed by atoms with van der Waals surface area (Å²) < 4.78 is 89.1. The van der Waals surface area contributed by atoms with Gasteiger partial charge in [-0.2, -0.15) is 26.3 Å². The van der Waals surface area contributed by atoms with E-state index in [1.165, 1.54) is 11.1 Å². The number of hydrogen-bond donors (Lipinski definition) is 0. The molecule has 342 valence electrons. The molecule has 0 N–H and O–H groups in total. The summed E-state index contributed by atoms with van der Waals surface area (Å²) in [4.78, 5) is 14.7. The third kappa shape index (κ3) is 8.45. The lowest BCUT2D eigenvalue weighted by Crippen LogP contribution is -2.11. The van der Waals surface area contributed by atoms with Gasteiger partial charge in [-0.15, -0.1) is 0 Å². The molecule has 10 heteroatoms. The highest BCUT2D eigenvalue weighted by Crippen LogP contribution is 2.44. The number of benzene rings is 8. The highest BCUT2D eigenvalue weighted by Gasteiger charge is 2.37. The molecule has 8 aromatic carbocycles. The zero-order chi connectivity index (χ0) is 48.5. The predicted octanol–water partition coefficient (Wildman–Crippen LogP) is 16.9. The Hall–Kier alpha value is -7.85. The highest BCUT2D eigenvalue weighted by molar-refractivity contribution is 6.12. The zero-order valence-electron chi connectivity index (χ0n) is 38.6. The molecule has 0 bridgehead atoms. The van der Waals surface area contributed by atoms with E-state index >= 15 is 0 Å². The Bertz CT molecular complexity index is 3390. The Morgan fingerprint density at radius 1 is 0.362 bits per heavy atom. The Labute approximate surface area is 395 Å². The van der Waals surface area contributed by atoms with Crippen LogP contribution < -0.4 is 0 Å². The van der Waals surface area contributed by atoms with Gasteiger partial charge < -0.3 is 4.57 Å². The van der Waals surface area contributed by atoms with Gasteiger partial charge in [-0.05, 0) is 152 Å². The van der Waals surface area contributed by atoms with Crippen LogP contribution in [0.4, 0.5) is 26.3 Å². The van der Waals surface area contributed by atoms with Crippen molar-refractivity contribution in [2.45, 2.75) is 53.9 Å².